The number of nitrogens with one attached hydrogen (secondary N) is 2. The van der Waals surface area contributed by atoms with Gasteiger partial charge in [-0.05, 0) is 25.8 Å². The standard InChI is InChI=1S/C16H19N3O2/c1-10-5-3-4-6-13(10)14-8-15(19-18-14)17-16(20)12-7-11(2)21-9-12/h3-6,8,11-12H,7,9H2,1-2H3,(H2,17,18,19,20)/t11-,12-/m1/s1. The second kappa shape index (κ2) is 5.69. The highest BCUT2D eigenvalue weighted by molar-refractivity contribution is 5.92. The molecule has 0 bridgehead atoms. The molecule has 0 radical (unpaired) electrons. The third-order valence-corrected chi connectivity index (χ3v) is 3.83. The van der Waals surface area contributed by atoms with Crippen molar-refractivity contribution in [2.75, 3.05) is 11.9 Å². The summed E-state index contributed by atoms with van der Waals surface area (Å²) in [6, 6.07) is 9.92. The van der Waals surface area contributed by atoms with Crippen molar-refractivity contribution in [3.05, 3.63) is 35.9 Å². The van der Waals surface area contributed by atoms with Crippen molar-refractivity contribution in [3.8, 4) is 11.3 Å². The Balaban J connectivity index is 1.71. The number of anilines is 1. The topological polar surface area (TPSA) is 67.0 Å². The Hall–Kier alpha value is -2.14. The first-order chi connectivity index (χ1) is 10.1. The van der Waals surface area contributed by atoms with Crippen molar-refractivity contribution in [2.45, 2.75) is 26.4 Å². The van der Waals surface area contributed by atoms with E-state index in [2.05, 4.69) is 15.5 Å². The summed E-state index contributed by atoms with van der Waals surface area (Å²) < 4.78 is 5.43. The van der Waals surface area contributed by atoms with Gasteiger partial charge in [-0.3, -0.25) is 9.89 Å². The van der Waals surface area contributed by atoms with Gasteiger partial charge < -0.3 is 10.1 Å². The summed E-state index contributed by atoms with van der Waals surface area (Å²) in [4.78, 5) is 12.1. The van der Waals surface area contributed by atoms with Gasteiger partial charge in [0.1, 0.15) is 0 Å². The van der Waals surface area contributed by atoms with Crippen molar-refractivity contribution < 1.29 is 9.53 Å². The van der Waals surface area contributed by atoms with Gasteiger partial charge in [-0.15, -0.1) is 0 Å². The average Bonchev–Trinajstić information content (AvgIpc) is 3.08. The Morgan fingerprint density at radius 2 is 2.24 bits per heavy atom. The molecule has 21 heavy (non-hydrogen) atoms. The molecule has 2 heterocycles. The Bertz CT molecular complexity index is 650. The van der Waals surface area contributed by atoms with Crippen LogP contribution < -0.4 is 5.32 Å². The Morgan fingerprint density at radius 1 is 1.43 bits per heavy atom. The highest BCUT2D eigenvalue weighted by atomic mass is 16.5. The maximum Gasteiger partial charge on any atom is 0.231 e. The molecular weight excluding hydrogens is 266 g/mol. The lowest BCUT2D eigenvalue weighted by Gasteiger charge is -2.06. The minimum Gasteiger partial charge on any atom is -0.378 e. The van der Waals surface area contributed by atoms with Crippen molar-refractivity contribution in [2.24, 2.45) is 5.92 Å². The molecule has 0 unspecified atom stereocenters. The maximum atomic E-state index is 12.1. The third-order valence-electron chi connectivity index (χ3n) is 3.83. The molecule has 0 aliphatic carbocycles. The van der Waals surface area contributed by atoms with Crippen LogP contribution in [-0.2, 0) is 9.53 Å². The molecule has 1 aromatic heterocycles. The number of rotatable bonds is 3. The molecule has 2 N–H and O–H groups in total. The van der Waals surface area contributed by atoms with Crippen LogP contribution in [0.3, 0.4) is 0 Å². The molecule has 110 valence electrons. The molecule has 5 nitrogen and oxygen atoms in total. The molecule has 1 aliphatic heterocycles. The number of aromatic nitrogens is 2. The van der Waals surface area contributed by atoms with Gasteiger partial charge in [-0.2, -0.15) is 5.10 Å². The molecule has 1 aliphatic rings. The first-order valence-corrected chi connectivity index (χ1v) is 7.17. The summed E-state index contributed by atoms with van der Waals surface area (Å²) in [5, 5.41) is 9.99. The minimum atomic E-state index is -0.0846. The average molecular weight is 285 g/mol. The molecular formula is C16H19N3O2. The normalized spacial score (nSPS) is 21.4. The fraction of sp³-hybridized carbons (Fsp3) is 0.375. The second-order valence-corrected chi connectivity index (χ2v) is 5.55. The van der Waals surface area contributed by atoms with E-state index in [4.69, 9.17) is 4.74 Å². The zero-order chi connectivity index (χ0) is 14.8. The molecule has 0 saturated carbocycles. The number of carbonyl (C=O) groups excluding carboxylic acids is 1. The van der Waals surface area contributed by atoms with Crippen molar-refractivity contribution in [3.63, 3.8) is 0 Å². The van der Waals surface area contributed by atoms with Gasteiger partial charge >= 0.3 is 0 Å². The number of aryl methyl sites for hydroxylation is 1. The number of nitrogens with zero attached hydrogens (tertiary/aromatic N) is 1. The summed E-state index contributed by atoms with van der Waals surface area (Å²) in [5.74, 6) is 0.443. The zero-order valence-electron chi connectivity index (χ0n) is 12.2. The van der Waals surface area contributed by atoms with E-state index in [-0.39, 0.29) is 17.9 Å². The number of amides is 1. The monoisotopic (exact) mass is 285 g/mol. The van der Waals surface area contributed by atoms with Crippen LogP contribution in [-0.4, -0.2) is 28.8 Å². The molecule has 0 spiro atoms. The molecule has 2 atom stereocenters. The summed E-state index contributed by atoms with van der Waals surface area (Å²) >= 11 is 0. The van der Waals surface area contributed by atoms with Gasteiger partial charge in [-0.1, -0.05) is 24.3 Å². The van der Waals surface area contributed by atoms with E-state index in [0.29, 0.717) is 12.4 Å². The predicted octanol–water partition coefficient (Wildman–Crippen LogP) is 2.75. The molecule has 1 amide bonds. The lowest BCUT2D eigenvalue weighted by molar-refractivity contribution is -0.119. The zero-order valence-corrected chi connectivity index (χ0v) is 12.2. The maximum absolute atomic E-state index is 12.1. The Kier molecular flexibility index (Phi) is 3.75. The third kappa shape index (κ3) is 2.97. The fourth-order valence-corrected chi connectivity index (χ4v) is 2.63. The first kappa shape index (κ1) is 13.8. The summed E-state index contributed by atoms with van der Waals surface area (Å²) in [7, 11) is 0. The summed E-state index contributed by atoms with van der Waals surface area (Å²) in [5.41, 5.74) is 3.15. The van der Waals surface area contributed by atoms with Crippen LogP contribution >= 0.6 is 0 Å². The minimum absolute atomic E-state index is 0.0258. The Morgan fingerprint density at radius 3 is 2.95 bits per heavy atom. The number of carbonyl (C=O) groups is 1. The van der Waals surface area contributed by atoms with Crippen LogP contribution in [0.15, 0.2) is 30.3 Å². The van der Waals surface area contributed by atoms with E-state index < -0.39 is 0 Å². The lowest BCUT2D eigenvalue weighted by Crippen LogP contribution is -2.23. The van der Waals surface area contributed by atoms with Crippen molar-refractivity contribution in [1.29, 1.82) is 0 Å². The fourth-order valence-electron chi connectivity index (χ4n) is 2.63. The van der Waals surface area contributed by atoms with E-state index in [0.717, 1.165) is 23.2 Å². The van der Waals surface area contributed by atoms with Crippen LogP contribution in [0.25, 0.3) is 11.3 Å². The van der Waals surface area contributed by atoms with Gasteiger partial charge in [0.05, 0.1) is 24.3 Å². The molecule has 2 aromatic rings. The number of benzene rings is 1. The number of H-pyrrole nitrogens is 1. The number of hydrogen-bond acceptors (Lipinski definition) is 3. The largest absolute Gasteiger partial charge is 0.378 e. The van der Waals surface area contributed by atoms with Gasteiger partial charge in [0.25, 0.3) is 0 Å². The van der Waals surface area contributed by atoms with Crippen molar-refractivity contribution >= 4 is 11.7 Å². The smallest absolute Gasteiger partial charge is 0.231 e. The van der Waals surface area contributed by atoms with Crippen LogP contribution in [0, 0.1) is 12.8 Å². The molecule has 1 fully saturated rings. The van der Waals surface area contributed by atoms with E-state index in [9.17, 15) is 4.79 Å². The van der Waals surface area contributed by atoms with Crippen LogP contribution in [0.2, 0.25) is 0 Å². The van der Waals surface area contributed by atoms with Gasteiger partial charge in [0.2, 0.25) is 5.91 Å². The highest BCUT2D eigenvalue weighted by Crippen LogP contribution is 2.24. The number of hydrogen-bond donors (Lipinski definition) is 2. The predicted molar refractivity (Wildman–Crippen MR) is 80.9 cm³/mol. The number of ether oxygens (including phenoxy) is 1. The summed E-state index contributed by atoms with van der Waals surface area (Å²) in [6.45, 7) is 4.52. The van der Waals surface area contributed by atoms with Gasteiger partial charge in [-0.25, -0.2) is 0 Å². The van der Waals surface area contributed by atoms with Crippen LogP contribution in [0.5, 0.6) is 0 Å². The summed E-state index contributed by atoms with van der Waals surface area (Å²) in [6.07, 6.45) is 0.920. The number of aromatic amines is 1. The Labute approximate surface area is 123 Å². The van der Waals surface area contributed by atoms with Gasteiger partial charge in [0, 0.05) is 11.6 Å². The molecule has 5 heteroatoms. The van der Waals surface area contributed by atoms with E-state index in [1.54, 1.807) is 0 Å². The first-order valence-electron chi connectivity index (χ1n) is 7.17. The van der Waals surface area contributed by atoms with E-state index in [1.165, 1.54) is 0 Å². The quantitative estimate of drug-likeness (QED) is 0.911. The second-order valence-electron chi connectivity index (χ2n) is 5.55. The SMILES string of the molecule is Cc1ccccc1-c1cc(NC(=O)[C@H]2CO[C@H](C)C2)n[nH]1. The molecule has 1 aromatic carbocycles. The highest BCUT2D eigenvalue weighted by Gasteiger charge is 2.28. The van der Waals surface area contributed by atoms with Crippen LogP contribution in [0.4, 0.5) is 5.82 Å². The molecule has 3 rings (SSSR count). The van der Waals surface area contributed by atoms with Crippen LogP contribution in [0.1, 0.15) is 18.9 Å². The van der Waals surface area contributed by atoms with E-state index >= 15 is 0 Å². The van der Waals surface area contributed by atoms with Gasteiger partial charge in [0.15, 0.2) is 5.82 Å². The van der Waals surface area contributed by atoms with E-state index in [1.807, 2.05) is 44.2 Å². The lowest BCUT2D eigenvalue weighted by atomic mass is 10.1. The molecule has 1 saturated heterocycles. The van der Waals surface area contributed by atoms with Crippen molar-refractivity contribution in [1.82, 2.24) is 10.2 Å².